The maximum absolute atomic E-state index is 6.46. The SMILES string of the molecule is C=C(C1CC(CC(C)(C)CC(C)(C)OCCC)CC1C(C)CC(C)c1ccc(C2=C(C)C=CC2)cc1)C(C(C)C)C1CCC(CCCC2CCC(CCCc3cccc(C4C5CCC4CC(c4cc(-c6ccccc6C)ccc4C)C5)c3)C(C)C2)C1. The number of fused-ring (bicyclic) bond motifs is 2. The van der Waals surface area contributed by atoms with Gasteiger partial charge in [-0.2, -0.15) is 0 Å². The summed E-state index contributed by atoms with van der Waals surface area (Å²) in [5.74, 6) is 12.1. The maximum atomic E-state index is 6.46. The number of hydrogen-bond donors (Lipinski definition) is 0. The largest absolute Gasteiger partial charge is 0.376 e. The van der Waals surface area contributed by atoms with Crippen molar-refractivity contribution in [2.24, 2.45) is 82.3 Å². The molecule has 6 aliphatic rings. The Bertz CT molecular complexity index is 2890. The number of rotatable bonds is 27. The predicted octanol–water partition coefficient (Wildman–Crippen LogP) is 24.7. The van der Waals surface area contributed by atoms with Crippen LogP contribution >= 0.6 is 0 Å². The number of hydrogen-bond acceptors (Lipinski definition) is 1. The van der Waals surface area contributed by atoms with E-state index in [-0.39, 0.29) is 11.0 Å². The summed E-state index contributed by atoms with van der Waals surface area (Å²) in [6.07, 6.45) is 35.7. The van der Waals surface area contributed by atoms with Crippen molar-refractivity contribution in [1.82, 2.24) is 0 Å². The second kappa shape index (κ2) is 28.9. The summed E-state index contributed by atoms with van der Waals surface area (Å²) in [7, 11) is 0. The lowest BCUT2D eigenvalue weighted by atomic mass is 9.68. The third kappa shape index (κ3) is 16.0. The molecule has 0 saturated heterocycles. The van der Waals surface area contributed by atoms with Gasteiger partial charge in [0.15, 0.2) is 0 Å². The fourth-order valence-corrected chi connectivity index (χ4v) is 20.9. The Hall–Kier alpha value is -3.94. The van der Waals surface area contributed by atoms with Crippen molar-refractivity contribution >= 4 is 5.57 Å². The molecule has 2 bridgehead atoms. The molecular formula is C85H122O. The van der Waals surface area contributed by atoms with E-state index < -0.39 is 0 Å². The molecule has 13 atom stereocenters. The van der Waals surface area contributed by atoms with Crippen LogP contribution < -0.4 is 0 Å². The number of allylic oxidation sites excluding steroid dienone is 5. The van der Waals surface area contributed by atoms with Gasteiger partial charge in [0.1, 0.15) is 0 Å². The van der Waals surface area contributed by atoms with Crippen LogP contribution in [0.4, 0.5) is 0 Å². The second-order valence-electron chi connectivity index (χ2n) is 32.7. The topological polar surface area (TPSA) is 9.23 Å². The Morgan fingerprint density at radius 1 is 0.686 bits per heavy atom. The zero-order valence-electron chi connectivity index (χ0n) is 57.1. The average Bonchev–Trinajstić information content (AvgIpc) is 1.85. The molecule has 0 N–H and O–H groups in total. The molecule has 10 rings (SSSR count). The highest BCUT2D eigenvalue weighted by atomic mass is 16.5. The van der Waals surface area contributed by atoms with E-state index in [1.807, 2.05) is 0 Å². The van der Waals surface area contributed by atoms with Crippen LogP contribution in [0.5, 0.6) is 0 Å². The monoisotopic (exact) mass is 1160 g/mol. The maximum Gasteiger partial charge on any atom is 0.0631 e. The summed E-state index contributed by atoms with van der Waals surface area (Å²) in [6, 6.07) is 36.0. The molecule has 5 saturated carbocycles. The van der Waals surface area contributed by atoms with Gasteiger partial charge in [0.2, 0.25) is 0 Å². The lowest BCUT2D eigenvalue weighted by molar-refractivity contribution is -0.0490. The van der Waals surface area contributed by atoms with E-state index in [0.29, 0.717) is 41.4 Å². The fraction of sp³-hybridized carbons (Fsp3) is 0.647. The minimum Gasteiger partial charge on any atom is -0.376 e. The van der Waals surface area contributed by atoms with Gasteiger partial charge >= 0.3 is 0 Å². The average molecular weight is 1160 g/mol. The molecule has 468 valence electrons. The minimum absolute atomic E-state index is 0.0879. The van der Waals surface area contributed by atoms with Crippen LogP contribution in [0.25, 0.3) is 16.7 Å². The minimum atomic E-state index is -0.0879. The quantitative estimate of drug-likeness (QED) is 0.0541. The lowest BCUT2D eigenvalue weighted by Gasteiger charge is -2.37. The molecule has 86 heavy (non-hydrogen) atoms. The normalized spacial score (nSPS) is 28.9. The molecule has 6 aliphatic carbocycles. The molecule has 13 unspecified atom stereocenters. The van der Waals surface area contributed by atoms with E-state index in [0.717, 1.165) is 79.1 Å². The van der Waals surface area contributed by atoms with Gasteiger partial charge in [-0.15, -0.1) is 0 Å². The van der Waals surface area contributed by atoms with E-state index in [9.17, 15) is 0 Å². The van der Waals surface area contributed by atoms with Crippen LogP contribution in [0.3, 0.4) is 0 Å². The molecule has 0 aliphatic heterocycles. The first-order valence-electron chi connectivity index (χ1n) is 36.3. The summed E-state index contributed by atoms with van der Waals surface area (Å²) < 4.78 is 6.46. The predicted molar refractivity (Wildman–Crippen MR) is 372 cm³/mol. The summed E-state index contributed by atoms with van der Waals surface area (Å²) in [5.41, 5.74) is 18.2. The molecule has 1 heteroatoms. The Kier molecular flexibility index (Phi) is 21.9. The smallest absolute Gasteiger partial charge is 0.0631 e. The van der Waals surface area contributed by atoms with Gasteiger partial charge in [-0.3, -0.25) is 0 Å². The Morgan fingerprint density at radius 2 is 1.41 bits per heavy atom. The van der Waals surface area contributed by atoms with Crippen LogP contribution in [-0.2, 0) is 11.2 Å². The molecule has 1 nitrogen and oxygen atoms in total. The summed E-state index contributed by atoms with van der Waals surface area (Å²) >= 11 is 0. The van der Waals surface area contributed by atoms with Gasteiger partial charge in [0, 0.05) is 6.61 Å². The van der Waals surface area contributed by atoms with Crippen molar-refractivity contribution in [1.29, 1.82) is 0 Å². The van der Waals surface area contributed by atoms with Gasteiger partial charge in [-0.05, 0) is 312 Å². The molecule has 0 amide bonds. The highest BCUT2D eigenvalue weighted by Gasteiger charge is 2.47. The number of ether oxygens (including phenoxy) is 1. The van der Waals surface area contributed by atoms with Gasteiger partial charge in [-0.1, -0.05) is 203 Å². The standard InChI is InChI=1S/C85H122O/c1-15-44-86-85(13,14)55-84(11,12)54-67-49-80(62(9)45-60(7)69-38-40-70(41-39-69)77-31-18-23-58(77)5)81(50-67)63(10)82(56(2)3)73-37-34-66(48-73)25-19-24-65-33-36-68(61(8)46-65)28-20-26-64-27-21-29-72(47-64)83-74-42-43-75(83)52-76(51-74)79-53-71(35-32-59(79)6)78-30-17-16-22-57(78)4/h16-18,21-23,27,29-30,32,35,38-41,47,53,56,60-62,65-68,73-76,80-83H,10,15,19-20,24-26,28,31,33-34,36-37,42-46,48-52,54-55H2,1-9,11-14H3. The molecule has 4 aromatic rings. The van der Waals surface area contributed by atoms with Crippen molar-refractivity contribution in [3.05, 3.63) is 160 Å². The molecular weight excluding hydrogens is 1040 g/mol. The van der Waals surface area contributed by atoms with Crippen LogP contribution in [0.2, 0.25) is 0 Å². The highest BCUT2D eigenvalue weighted by Crippen LogP contribution is 2.58. The zero-order chi connectivity index (χ0) is 60.9. The molecule has 0 radical (unpaired) electrons. The number of aryl methyl sites for hydroxylation is 3. The molecule has 5 fully saturated rings. The zero-order valence-corrected chi connectivity index (χ0v) is 57.1. The number of benzene rings is 4. The molecule has 0 spiro atoms. The van der Waals surface area contributed by atoms with Crippen molar-refractivity contribution in [2.45, 2.75) is 261 Å². The van der Waals surface area contributed by atoms with E-state index in [4.69, 9.17) is 11.3 Å². The van der Waals surface area contributed by atoms with E-state index in [2.05, 4.69) is 193 Å². The summed E-state index contributed by atoms with van der Waals surface area (Å²) in [5, 5.41) is 0. The van der Waals surface area contributed by atoms with Crippen LogP contribution in [0.15, 0.2) is 121 Å². The van der Waals surface area contributed by atoms with Gasteiger partial charge in [0.05, 0.1) is 5.60 Å². The van der Waals surface area contributed by atoms with E-state index >= 15 is 0 Å². The van der Waals surface area contributed by atoms with Crippen LogP contribution in [0, 0.1) is 96.2 Å². The van der Waals surface area contributed by atoms with Crippen LogP contribution in [0.1, 0.15) is 274 Å². The van der Waals surface area contributed by atoms with E-state index in [1.54, 1.807) is 22.3 Å². The third-order valence-corrected chi connectivity index (χ3v) is 24.6. The van der Waals surface area contributed by atoms with Gasteiger partial charge in [-0.25, -0.2) is 0 Å². The second-order valence-corrected chi connectivity index (χ2v) is 32.7. The summed E-state index contributed by atoms with van der Waals surface area (Å²) in [4.78, 5) is 0. The van der Waals surface area contributed by atoms with Crippen molar-refractivity contribution in [3.8, 4) is 11.1 Å². The lowest BCUT2D eigenvalue weighted by Crippen LogP contribution is -2.33. The van der Waals surface area contributed by atoms with Crippen molar-refractivity contribution < 1.29 is 4.74 Å². The molecule has 4 aromatic carbocycles. The van der Waals surface area contributed by atoms with Gasteiger partial charge < -0.3 is 4.74 Å². The Morgan fingerprint density at radius 3 is 2.10 bits per heavy atom. The van der Waals surface area contributed by atoms with Crippen LogP contribution in [-0.4, -0.2) is 12.2 Å². The molecule has 0 heterocycles. The first kappa shape index (κ1) is 65.0. The molecule has 0 aromatic heterocycles. The van der Waals surface area contributed by atoms with Crippen molar-refractivity contribution in [3.63, 3.8) is 0 Å². The fourth-order valence-electron chi connectivity index (χ4n) is 20.9. The first-order valence-corrected chi connectivity index (χ1v) is 36.3. The highest BCUT2D eigenvalue weighted by molar-refractivity contribution is 5.74. The van der Waals surface area contributed by atoms with Gasteiger partial charge in [0.25, 0.3) is 0 Å². The summed E-state index contributed by atoms with van der Waals surface area (Å²) in [6.45, 7) is 37.9. The third-order valence-electron chi connectivity index (χ3n) is 24.6. The van der Waals surface area contributed by atoms with Crippen molar-refractivity contribution in [2.75, 3.05) is 6.61 Å². The van der Waals surface area contributed by atoms with E-state index in [1.165, 1.54) is 173 Å². The first-order chi connectivity index (χ1) is 41.2. The Balaban J connectivity index is 0.685. The Labute approximate surface area is 528 Å².